The average Bonchev–Trinajstić information content (AvgIpc) is 2.86. The fourth-order valence-corrected chi connectivity index (χ4v) is 2.32. The van der Waals surface area contributed by atoms with Gasteiger partial charge in [0.15, 0.2) is 5.76 Å². The van der Waals surface area contributed by atoms with Crippen LogP contribution in [-0.4, -0.2) is 48.9 Å². The molecular formula is C13H21N3O2. The van der Waals surface area contributed by atoms with E-state index in [1.807, 2.05) is 4.90 Å². The predicted molar refractivity (Wildman–Crippen MR) is 69.2 cm³/mol. The number of nitrogens with two attached hydrogens (primary N) is 1. The predicted octanol–water partition coefficient (Wildman–Crippen LogP) is 0.905. The molecule has 18 heavy (non-hydrogen) atoms. The van der Waals surface area contributed by atoms with Gasteiger partial charge in [-0.2, -0.15) is 0 Å². The van der Waals surface area contributed by atoms with E-state index in [4.69, 9.17) is 10.2 Å². The Bertz CT molecular complexity index is 414. The highest BCUT2D eigenvalue weighted by atomic mass is 16.4. The number of furan rings is 1. The Morgan fingerprint density at radius 1 is 1.56 bits per heavy atom. The van der Waals surface area contributed by atoms with Gasteiger partial charge < -0.3 is 20.0 Å². The van der Waals surface area contributed by atoms with E-state index in [1.165, 1.54) is 0 Å². The van der Waals surface area contributed by atoms with Gasteiger partial charge in [0.25, 0.3) is 5.91 Å². The zero-order chi connectivity index (χ0) is 13.1. The molecule has 1 aromatic rings. The van der Waals surface area contributed by atoms with Gasteiger partial charge in [-0.25, -0.2) is 0 Å². The first-order valence-corrected chi connectivity index (χ1v) is 6.36. The SMILES string of the molecule is CN(C)C1CCCN(C(=O)c2ccc(CN)o2)C1. The summed E-state index contributed by atoms with van der Waals surface area (Å²) < 4.78 is 5.41. The van der Waals surface area contributed by atoms with Crippen molar-refractivity contribution in [2.45, 2.75) is 25.4 Å². The number of piperidine rings is 1. The van der Waals surface area contributed by atoms with Crippen LogP contribution in [0.25, 0.3) is 0 Å². The van der Waals surface area contributed by atoms with Crippen molar-refractivity contribution in [3.05, 3.63) is 23.7 Å². The van der Waals surface area contributed by atoms with E-state index >= 15 is 0 Å². The summed E-state index contributed by atoms with van der Waals surface area (Å²) in [5.74, 6) is 1.02. The van der Waals surface area contributed by atoms with E-state index in [1.54, 1.807) is 12.1 Å². The Morgan fingerprint density at radius 2 is 2.33 bits per heavy atom. The Hall–Kier alpha value is -1.33. The molecule has 1 aliphatic heterocycles. The Kier molecular flexibility index (Phi) is 4.04. The van der Waals surface area contributed by atoms with Gasteiger partial charge in [0.1, 0.15) is 5.76 Å². The third kappa shape index (κ3) is 2.73. The third-order valence-corrected chi connectivity index (χ3v) is 3.49. The smallest absolute Gasteiger partial charge is 0.289 e. The first-order valence-electron chi connectivity index (χ1n) is 6.36. The van der Waals surface area contributed by atoms with Crippen molar-refractivity contribution in [1.29, 1.82) is 0 Å². The lowest BCUT2D eigenvalue weighted by Gasteiger charge is -2.35. The van der Waals surface area contributed by atoms with Crippen LogP contribution in [0, 0.1) is 0 Å². The highest BCUT2D eigenvalue weighted by Gasteiger charge is 2.27. The van der Waals surface area contributed by atoms with E-state index in [0.717, 1.165) is 25.9 Å². The Labute approximate surface area is 108 Å². The fraction of sp³-hybridized carbons (Fsp3) is 0.615. The molecule has 1 atom stereocenters. The number of likely N-dealkylation sites (tertiary alicyclic amines) is 1. The molecule has 0 bridgehead atoms. The van der Waals surface area contributed by atoms with Crippen LogP contribution in [-0.2, 0) is 6.54 Å². The van der Waals surface area contributed by atoms with Crippen molar-refractivity contribution in [3.8, 4) is 0 Å². The lowest BCUT2D eigenvalue weighted by Crippen LogP contribution is -2.47. The number of hydrogen-bond donors (Lipinski definition) is 1. The number of likely N-dealkylation sites (N-methyl/N-ethyl adjacent to an activating group) is 1. The quantitative estimate of drug-likeness (QED) is 0.867. The maximum absolute atomic E-state index is 12.3. The molecule has 0 aromatic carbocycles. The Balaban J connectivity index is 2.04. The van der Waals surface area contributed by atoms with Gasteiger partial charge in [-0.05, 0) is 39.1 Å². The number of hydrogen-bond acceptors (Lipinski definition) is 4. The molecule has 1 fully saturated rings. The molecule has 2 rings (SSSR count). The van der Waals surface area contributed by atoms with E-state index in [-0.39, 0.29) is 5.91 Å². The number of nitrogens with zero attached hydrogens (tertiary/aromatic N) is 2. The minimum atomic E-state index is -0.0266. The molecule has 2 N–H and O–H groups in total. The first kappa shape index (κ1) is 13.1. The molecule has 0 saturated carbocycles. The molecule has 1 amide bonds. The first-order chi connectivity index (χ1) is 8.61. The summed E-state index contributed by atoms with van der Waals surface area (Å²) in [6.45, 7) is 1.90. The van der Waals surface area contributed by atoms with Crippen LogP contribution in [0.2, 0.25) is 0 Å². The van der Waals surface area contributed by atoms with Crippen LogP contribution in [0.5, 0.6) is 0 Å². The fourth-order valence-electron chi connectivity index (χ4n) is 2.32. The van der Waals surface area contributed by atoms with E-state index < -0.39 is 0 Å². The molecule has 1 unspecified atom stereocenters. The minimum Gasteiger partial charge on any atom is -0.455 e. The average molecular weight is 251 g/mol. The minimum absolute atomic E-state index is 0.0266. The van der Waals surface area contributed by atoms with Crippen LogP contribution in [0.1, 0.15) is 29.2 Å². The van der Waals surface area contributed by atoms with Gasteiger partial charge in [-0.15, -0.1) is 0 Å². The van der Waals surface area contributed by atoms with Crippen LogP contribution < -0.4 is 5.73 Å². The topological polar surface area (TPSA) is 62.7 Å². The summed E-state index contributed by atoms with van der Waals surface area (Å²) >= 11 is 0. The Morgan fingerprint density at radius 3 is 2.94 bits per heavy atom. The van der Waals surface area contributed by atoms with Crippen LogP contribution >= 0.6 is 0 Å². The zero-order valence-electron chi connectivity index (χ0n) is 11.1. The highest BCUT2D eigenvalue weighted by Crippen LogP contribution is 2.17. The van der Waals surface area contributed by atoms with E-state index in [0.29, 0.717) is 24.1 Å². The van der Waals surface area contributed by atoms with Crippen molar-refractivity contribution >= 4 is 5.91 Å². The maximum atomic E-state index is 12.3. The molecule has 1 aliphatic rings. The molecule has 5 nitrogen and oxygen atoms in total. The molecule has 0 radical (unpaired) electrons. The summed E-state index contributed by atoms with van der Waals surface area (Å²) in [5.41, 5.74) is 5.48. The standard InChI is InChI=1S/C13H21N3O2/c1-15(2)10-4-3-7-16(9-10)13(17)12-6-5-11(8-14)18-12/h5-6,10H,3-4,7-9,14H2,1-2H3. The number of amides is 1. The molecule has 1 saturated heterocycles. The van der Waals surface area contributed by atoms with Gasteiger partial charge in [-0.1, -0.05) is 0 Å². The van der Waals surface area contributed by atoms with Gasteiger partial charge in [-0.3, -0.25) is 4.79 Å². The number of carbonyl (C=O) groups excluding carboxylic acids is 1. The summed E-state index contributed by atoms with van der Waals surface area (Å²) in [7, 11) is 4.11. The van der Waals surface area contributed by atoms with Crippen LogP contribution in [0.3, 0.4) is 0 Å². The summed E-state index contributed by atoms with van der Waals surface area (Å²) in [6.07, 6.45) is 2.18. The summed E-state index contributed by atoms with van der Waals surface area (Å²) in [5, 5.41) is 0. The van der Waals surface area contributed by atoms with Crippen LogP contribution in [0.4, 0.5) is 0 Å². The van der Waals surface area contributed by atoms with E-state index in [2.05, 4.69) is 19.0 Å². The molecule has 1 aromatic heterocycles. The van der Waals surface area contributed by atoms with Crippen LogP contribution in [0.15, 0.2) is 16.5 Å². The normalized spacial score (nSPS) is 20.4. The lowest BCUT2D eigenvalue weighted by atomic mass is 10.0. The lowest BCUT2D eigenvalue weighted by molar-refractivity contribution is 0.0602. The molecule has 0 spiro atoms. The van der Waals surface area contributed by atoms with Crippen molar-refractivity contribution in [1.82, 2.24) is 9.80 Å². The second-order valence-electron chi connectivity index (χ2n) is 4.98. The molecule has 0 aliphatic carbocycles. The monoisotopic (exact) mass is 251 g/mol. The van der Waals surface area contributed by atoms with E-state index in [9.17, 15) is 4.79 Å². The van der Waals surface area contributed by atoms with Crippen molar-refractivity contribution in [2.75, 3.05) is 27.2 Å². The largest absolute Gasteiger partial charge is 0.455 e. The molecular weight excluding hydrogens is 230 g/mol. The summed E-state index contributed by atoms with van der Waals surface area (Å²) in [4.78, 5) is 16.3. The summed E-state index contributed by atoms with van der Waals surface area (Å²) in [6, 6.07) is 3.91. The van der Waals surface area contributed by atoms with Gasteiger partial charge in [0.2, 0.25) is 0 Å². The second kappa shape index (κ2) is 5.54. The number of rotatable bonds is 3. The maximum Gasteiger partial charge on any atom is 0.289 e. The third-order valence-electron chi connectivity index (χ3n) is 3.49. The van der Waals surface area contributed by atoms with Crippen molar-refractivity contribution < 1.29 is 9.21 Å². The molecule has 100 valence electrons. The highest BCUT2D eigenvalue weighted by molar-refractivity contribution is 5.91. The van der Waals surface area contributed by atoms with Gasteiger partial charge >= 0.3 is 0 Å². The second-order valence-corrected chi connectivity index (χ2v) is 4.98. The zero-order valence-corrected chi connectivity index (χ0v) is 11.1. The number of carbonyl (C=O) groups is 1. The molecule has 5 heteroatoms. The van der Waals surface area contributed by atoms with Gasteiger partial charge in [0, 0.05) is 19.1 Å². The van der Waals surface area contributed by atoms with Crippen molar-refractivity contribution in [3.63, 3.8) is 0 Å². The van der Waals surface area contributed by atoms with Crippen molar-refractivity contribution in [2.24, 2.45) is 5.73 Å². The van der Waals surface area contributed by atoms with Gasteiger partial charge in [0.05, 0.1) is 6.54 Å². The molecule has 2 heterocycles.